The van der Waals surface area contributed by atoms with E-state index >= 15 is 0 Å². The molecule has 0 aliphatic rings. The number of nitrogens with zero attached hydrogens (tertiary/aromatic N) is 2. The molecular weight excluding hydrogens is 230 g/mol. The molecule has 0 aliphatic heterocycles. The molecule has 0 radical (unpaired) electrons. The van der Waals surface area contributed by atoms with Crippen molar-refractivity contribution in [3.8, 4) is 11.4 Å². The van der Waals surface area contributed by atoms with Crippen LogP contribution in [0.15, 0.2) is 24.3 Å². The summed E-state index contributed by atoms with van der Waals surface area (Å²) in [6.07, 6.45) is 2.27. The first-order valence-corrected chi connectivity index (χ1v) is 6.35. The van der Waals surface area contributed by atoms with Crippen LogP contribution in [0.3, 0.4) is 0 Å². The molecule has 90 valence electrons. The van der Waals surface area contributed by atoms with E-state index in [1.54, 1.807) is 0 Å². The molecule has 0 fully saturated rings. The van der Waals surface area contributed by atoms with Crippen molar-refractivity contribution in [2.75, 3.05) is 0 Å². The second-order valence-electron chi connectivity index (χ2n) is 4.23. The van der Waals surface area contributed by atoms with Gasteiger partial charge >= 0.3 is 0 Å². The SMILES string of the molecule is CCCCn1c(-c2cccc(C)c2)n[nH]c1=S. The minimum Gasteiger partial charge on any atom is -0.300 e. The second kappa shape index (κ2) is 5.27. The molecule has 1 aromatic heterocycles. The number of unbranched alkanes of at least 4 members (excludes halogenated alkanes) is 1. The molecule has 1 aromatic carbocycles. The van der Waals surface area contributed by atoms with Gasteiger partial charge in [-0.25, -0.2) is 0 Å². The molecular formula is C13H17N3S. The molecule has 0 atom stereocenters. The van der Waals surface area contributed by atoms with Crippen molar-refractivity contribution < 1.29 is 0 Å². The predicted octanol–water partition coefficient (Wildman–Crippen LogP) is 3.72. The Labute approximate surface area is 106 Å². The summed E-state index contributed by atoms with van der Waals surface area (Å²) in [5, 5.41) is 7.21. The Bertz CT molecular complexity index is 554. The maximum absolute atomic E-state index is 5.26. The summed E-state index contributed by atoms with van der Waals surface area (Å²) in [5.74, 6) is 0.937. The second-order valence-corrected chi connectivity index (χ2v) is 4.61. The van der Waals surface area contributed by atoms with Crippen molar-refractivity contribution in [3.63, 3.8) is 0 Å². The third-order valence-electron chi connectivity index (χ3n) is 2.77. The van der Waals surface area contributed by atoms with Crippen LogP contribution in [0.1, 0.15) is 25.3 Å². The van der Waals surface area contributed by atoms with Gasteiger partial charge in [0.1, 0.15) is 0 Å². The monoisotopic (exact) mass is 247 g/mol. The molecule has 0 unspecified atom stereocenters. The number of rotatable bonds is 4. The number of aromatic nitrogens is 3. The fourth-order valence-corrected chi connectivity index (χ4v) is 2.07. The van der Waals surface area contributed by atoms with Crippen molar-refractivity contribution in [1.82, 2.24) is 14.8 Å². The van der Waals surface area contributed by atoms with E-state index in [1.807, 2.05) is 6.07 Å². The Morgan fingerprint density at radius 2 is 2.24 bits per heavy atom. The van der Waals surface area contributed by atoms with E-state index < -0.39 is 0 Å². The van der Waals surface area contributed by atoms with Crippen LogP contribution >= 0.6 is 12.2 Å². The lowest BCUT2D eigenvalue weighted by Gasteiger charge is -2.06. The van der Waals surface area contributed by atoms with Crippen LogP contribution in [0, 0.1) is 11.7 Å². The van der Waals surface area contributed by atoms with Gasteiger partial charge in [-0.3, -0.25) is 5.10 Å². The summed E-state index contributed by atoms with van der Waals surface area (Å²) in [4.78, 5) is 0. The Morgan fingerprint density at radius 3 is 2.94 bits per heavy atom. The summed E-state index contributed by atoms with van der Waals surface area (Å²) in [7, 11) is 0. The van der Waals surface area contributed by atoms with E-state index in [4.69, 9.17) is 12.2 Å². The lowest BCUT2D eigenvalue weighted by molar-refractivity contribution is 0.629. The number of H-pyrrole nitrogens is 1. The van der Waals surface area contributed by atoms with Gasteiger partial charge in [-0.1, -0.05) is 37.1 Å². The smallest absolute Gasteiger partial charge is 0.195 e. The molecule has 17 heavy (non-hydrogen) atoms. The topological polar surface area (TPSA) is 33.6 Å². The van der Waals surface area contributed by atoms with E-state index in [2.05, 4.69) is 46.8 Å². The Hall–Kier alpha value is -1.42. The van der Waals surface area contributed by atoms with E-state index in [1.165, 1.54) is 5.56 Å². The van der Waals surface area contributed by atoms with E-state index in [9.17, 15) is 0 Å². The molecule has 1 heterocycles. The lowest BCUT2D eigenvalue weighted by atomic mass is 10.1. The highest BCUT2D eigenvalue weighted by Crippen LogP contribution is 2.18. The summed E-state index contributed by atoms with van der Waals surface area (Å²) in [6.45, 7) is 5.19. The quantitative estimate of drug-likeness (QED) is 0.835. The zero-order valence-corrected chi connectivity index (χ0v) is 11.0. The predicted molar refractivity (Wildman–Crippen MR) is 72.5 cm³/mol. The average molecular weight is 247 g/mol. The highest BCUT2D eigenvalue weighted by atomic mass is 32.1. The largest absolute Gasteiger partial charge is 0.300 e. The third-order valence-corrected chi connectivity index (χ3v) is 3.08. The molecule has 0 aliphatic carbocycles. The summed E-state index contributed by atoms with van der Waals surface area (Å²) in [5.41, 5.74) is 2.35. The zero-order chi connectivity index (χ0) is 12.3. The van der Waals surface area contributed by atoms with Gasteiger partial charge in [0.2, 0.25) is 0 Å². The van der Waals surface area contributed by atoms with Crippen LogP contribution in [0.2, 0.25) is 0 Å². The lowest BCUT2D eigenvalue weighted by Crippen LogP contribution is -2.00. The molecule has 4 heteroatoms. The Balaban J connectivity index is 2.42. The normalized spacial score (nSPS) is 10.7. The highest BCUT2D eigenvalue weighted by Gasteiger charge is 2.07. The Morgan fingerprint density at radius 1 is 1.41 bits per heavy atom. The fourth-order valence-electron chi connectivity index (χ4n) is 1.85. The van der Waals surface area contributed by atoms with Crippen LogP contribution in [-0.2, 0) is 6.54 Å². The number of hydrogen-bond acceptors (Lipinski definition) is 2. The van der Waals surface area contributed by atoms with Crippen LogP contribution in [0.5, 0.6) is 0 Å². The summed E-state index contributed by atoms with van der Waals surface area (Å²) in [6, 6.07) is 8.33. The molecule has 0 saturated heterocycles. The standard InChI is InChI=1S/C13H17N3S/c1-3-4-8-16-12(14-15-13(16)17)11-7-5-6-10(2)9-11/h5-7,9H,3-4,8H2,1-2H3,(H,15,17). The average Bonchev–Trinajstić information content (AvgIpc) is 2.68. The number of aryl methyl sites for hydroxylation is 1. The van der Waals surface area contributed by atoms with Crippen molar-refractivity contribution >= 4 is 12.2 Å². The van der Waals surface area contributed by atoms with E-state index in [-0.39, 0.29) is 0 Å². The van der Waals surface area contributed by atoms with Crippen LogP contribution in [0.4, 0.5) is 0 Å². The van der Waals surface area contributed by atoms with Gasteiger partial charge < -0.3 is 4.57 Å². The molecule has 0 spiro atoms. The van der Waals surface area contributed by atoms with Crippen molar-refractivity contribution in [2.45, 2.75) is 33.2 Å². The minimum atomic E-state index is 0.704. The van der Waals surface area contributed by atoms with Crippen molar-refractivity contribution in [1.29, 1.82) is 0 Å². The fraction of sp³-hybridized carbons (Fsp3) is 0.385. The molecule has 1 N–H and O–H groups in total. The maximum atomic E-state index is 5.26. The van der Waals surface area contributed by atoms with Crippen LogP contribution < -0.4 is 0 Å². The van der Waals surface area contributed by atoms with E-state index in [0.717, 1.165) is 30.8 Å². The summed E-state index contributed by atoms with van der Waals surface area (Å²) >= 11 is 5.26. The first-order valence-electron chi connectivity index (χ1n) is 5.94. The number of nitrogens with one attached hydrogen (secondary N) is 1. The van der Waals surface area contributed by atoms with Gasteiger partial charge in [0.15, 0.2) is 10.6 Å². The van der Waals surface area contributed by atoms with Gasteiger partial charge in [0.25, 0.3) is 0 Å². The number of hydrogen-bond donors (Lipinski definition) is 1. The third kappa shape index (κ3) is 2.64. The van der Waals surface area contributed by atoms with Gasteiger partial charge in [-0.15, -0.1) is 0 Å². The molecule has 0 saturated carbocycles. The first kappa shape index (κ1) is 12.0. The number of benzene rings is 1. The van der Waals surface area contributed by atoms with Crippen LogP contribution in [0.25, 0.3) is 11.4 Å². The van der Waals surface area contributed by atoms with Crippen LogP contribution in [-0.4, -0.2) is 14.8 Å². The van der Waals surface area contributed by atoms with Gasteiger partial charge in [-0.05, 0) is 31.6 Å². The molecule has 3 nitrogen and oxygen atoms in total. The number of aromatic amines is 1. The minimum absolute atomic E-state index is 0.704. The highest BCUT2D eigenvalue weighted by molar-refractivity contribution is 7.71. The van der Waals surface area contributed by atoms with Crippen molar-refractivity contribution in [3.05, 3.63) is 34.6 Å². The van der Waals surface area contributed by atoms with Gasteiger partial charge in [0, 0.05) is 12.1 Å². The Kier molecular flexibility index (Phi) is 3.74. The molecule has 2 rings (SSSR count). The molecule has 0 amide bonds. The first-order chi connectivity index (χ1) is 8.22. The van der Waals surface area contributed by atoms with E-state index in [0.29, 0.717) is 4.77 Å². The maximum Gasteiger partial charge on any atom is 0.195 e. The van der Waals surface area contributed by atoms with Gasteiger partial charge in [-0.2, -0.15) is 5.10 Å². The van der Waals surface area contributed by atoms with Gasteiger partial charge in [0.05, 0.1) is 0 Å². The molecule has 2 aromatic rings. The van der Waals surface area contributed by atoms with Crippen molar-refractivity contribution in [2.24, 2.45) is 0 Å². The summed E-state index contributed by atoms with van der Waals surface area (Å²) < 4.78 is 2.78. The molecule has 0 bridgehead atoms. The zero-order valence-electron chi connectivity index (χ0n) is 10.2.